The molecule has 1 saturated heterocycles. The second-order valence-corrected chi connectivity index (χ2v) is 6.91. The van der Waals surface area contributed by atoms with E-state index in [-0.39, 0.29) is 23.6 Å². The molecule has 3 rings (SSSR count). The molecule has 1 aliphatic carbocycles. The SMILES string of the molecule is COC1CCC12CCN(C(=O)Cn1c(C)cc(C)nc1=O)CC2. The second-order valence-electron chi connectivity index (χ2n) is 6.91. The topological polar surface area (TPSA) is 64.4 Å². The van der Waals surface area contributed by atoms with Crippen molar-refractivity contribution in [2.75, 3.05) is 20.2 Å². The zero-order valence-corrected chi connectivity index (χ0v) is 14.2. The van der Waals surface area contributed by atoms with E-state index in [1.165, 1.54) is 11.0 Å². The second kappa shape index (κ2) is 6.07. The molecule has 0 N–H and O–H groups in total. The van der Waals surface area contributed by atoms with Gasteiger partial charge in [-0.15, -0.1) is 0 Å². The van der Waals surface area contributed by atoms with Crippen molar-refractivity contribution < 1.29 is 9.53 Å². The first-order chi connectivity index (χ1) is 10.9. The Bertz CT molecular complexity index is 658. The molecule has 1 aromatic rings. The lowest BCUT2D eigenvalue weighted by Gasteiger charge is -2.53. The van der Waals surface area contributed by atoms with E-state index in [2.05, 4.69) is 4.98 Å². The molecule has 0 aromatic carbocycles. The molecular weight excluding hydrogens is 294 g/mol. The van der Waals surface area contributed by atoms with Crippen molar-refractivity contribution in [3.63, 3.8) is 0 Å². The van der Waals surface area contributed by atoms with Crippen LogP contribution in [0.1, 0.15) is 37.1 Å². The Labute approximate surface area is 136 Å². The third kappa shape index (κ3) is 2.92. The maximum absolute atomic E-state index is 12.5. The fourth-order valence-electron chi connectivity index (χ4n) is 4.01. The molecule has 6 nitrogen and oxygen atoms in total. The van der Waals surface area contributed by atoms with Crippen molar-refractivity contribution in [3.8, 4) is 0 Å². The van der Waals surface area contributed by atoms with Gasteiger partial charge >= 0.3 is 5.69 Å². The molecule has 2 aliphatic rings. The van der Waals surface area contributed by atoms with Crippen molar-refractivity contribution in [1.82, 2.24) is 14.5 Å². The molecule has 1 spiro atoms. The zero-order chi connectivity index (χ0) is 16.6. The zero-order valence-electron chi connectivity index (χ0n) is 14.2. The van der Waals surface area contributed by atoms with E-state index in [0.29, 0.717) is 11.8 Å². The number of carbonyl (C=O) groups excluding carboxylic acids is 1. The molecule has 2 fully saturated rings. The quantitative estimate of drug-likeness (QED) is 0.842. The molecule has 126 valence electrons. The highest BCUT2D eigenvalue weighted by Gasteiger charge is 2.48. The van der Waals surface area contributed by atoms with Crippen LogP contribution in [0.5, 0.6) is 0 Å². The number of piperidine rings is 1. The number of amides is 1. The molecule has 2 heterocycles. The van der Waals surface area contributed by atoms with Crippen molar-refractivity contribution in [1.29, 1.82) is 0 Å². The number of nitrogens with zero attached hydrogens (tertiary/aromatic N) is 3. The lowest BCUT2D eigenvalue weighted by molar-refractivity contribution is -0.145. The van der Waals surface area contributed by atoms with Crippen LogP contribution in [0.2, 0.25) is 0 Å². The Balaban J connectivity index is 1.64. The molecule has 1 aliphatic heterocycles. The van der Waals surface area contributed by atoms with E-state index in [9.17, 15) is 9.59 Å². The Morgan fingerprint density at radius 3 is 2.57 bits per heavy atom. The van der Waals surface area contributed by atoms with Gasteiger partial charge in [0, 0.05) is 37.0 Å². The molecule has 1 amide bonds. The summed E-state index contributed by atoms with van der Waals surface area (Å²) in [6, 6.07) is 1.83. The lowest BCUT2D eigenvalue weighted by Crippen LogP contribution is -2.54. The maximum Gasteiger partial charge on any atom is 0.348 e. The minimum Gasteiger partial charge on any atom is -0.381 e. The average molecular weight is 319 g/mol. The summed E-state index contributed by atoms with van der Waals surface area (Å²) >= 11 is 0. The first-order valence-corrected chi connectivity index (χ1v) is 8.31. The van der Waals surface area contributed by atoms with Crippen LogP contribution in [0, 0.1) is 19.3 Å². The Morgan fingerprint density at radius 1 is 1.35 bits per heavy atom. The summed E-state index contributed by atoms with van der Waals surface area (Å²) in [5.74, 6) is 0.00370. The molecule has 1 aromatic heterocycles. The van der Waals surface area contributed by atoms with Crippen LogP contribution in [-0.2, 0) is 16.1 Å². The van der Waals surface area contributed by atoms with Crippen LogP contribution in [0.4, 0.5) is 0 Å². The number of rotatable bonds is 3. The van der Waals surface area contributed by atoms with E-state index in [0.717, 1.165) is 38.0 Å². The largest absolute Gasteiger partial charge is 0.381 e. The number of aromatic nitrogens is 2. The third-order valence-corrected chi connectivity index (χ3v) is 5.62. The van der Waals surface area contributed by atoms with Crippen LogP contribution >= 0.6 is 0 Å². The number of aryl methyl sites for hydroxylation is 2. The van der Waals surface area contributed by atoms with E-state index in [4.69, 9.17) is 4.74 Å². The molecule has 23 heavy (non-hydrogen) atoms. The van der Waals surface area contributed by atoms with Crippen molar-refractivity contribution in [2.45, 2.75) is 52.2 Å². The van der Waals surface area contributed by atoms with Gasteiger partial charge in [-0.05, 0) is 45.6 Å². The highest BCUT2D eigenvalue weighted by Crippen LogP contribution is 2.50. The smallest absolute Gasteiger partial charge is 0.348 e. The van der Waals surface area contributed by atoms with Gasteiger partial charge in [-0.25, -0.2) is 4.79 Å². The molecule has 1 saturated carbocycles. The first-order valence-electron chi connectivity index (χ1n) is 8.31. The van der Waals surface area contributed by atoms with Crippen molar-refractivity contribution >= 4 is 5.91 Å². The number of ether oxygens (including phenoxy) is 1. The van der Waals surface area contributed by atoms with Crippen molar-refractivity contribution in [3.05, 3.63) is 27.9 Å². The standard InChI is InChI=1S/C17H25N3O3/c1-12-10-13(2)20(16(22)18-12)11-15(21)19-8-6-17(7-9-19)5-4-14(17)23-3/h10,14H,4-9,11H2,1-3H3. The Kier molecular flexibility index (Phi) is 4.27. The van der Waals surface area contributed by atoms with Gasteiger partial charge < -0.3 is 9.64 Å². The molecule has 0 radical (unpaired) electrons. The number of hydrogen-bond acceptors (Lipinski definition) is 4. The molecular formula is C17H25N3O3. The summed E-state index contributed by atoms with van der Waals surface area (Å²) in [5, 5.41) is 0. The van der Waals surface area contributed by atoms with Gasteiger partial charge in [-0.3, -0.25) is 9.36 Å². The lowest BCUT2D eigenvalue weighted by atomic mass is 9.61. The van der Waals surface area contributed by atoms with E-state index in [1.807, 2.05) is 17.9 Å². The Morgan fingerprint density at radius 2 is 2.04 bits per heavy atom. The Hall–Kier alpha value is -1.69. The van der Waals surface area contributed by atoms with Crippen molar-refractivity contribution in [2.24, 2.45) is 5.41 Å². The first kappa shape index (κ1) is 16.2. The molecule has 1 unspecified atom stereocenters. The molecule has 1 atom stereocenters. The van der Waals surface area contributed by atoms with E-state index in [1.54, 1.807) is 14.0 Å². The minimum absolute atomic E-state index is 0.00370. The third-order valence-electron chi connectivity index (χ3n) is 5.62. The highest BCUT2D eigenvalue weighted by atomic mass is 16.5. The van der Waals surface area contributed by atoms with Crippen LogP contribution in [0.15, 0.2) is 10.9 Å². The summed E-state index contributed by atoms with van der Waals surface area (Å²) in [6.07, 6.45) is 4.68. The number of hydrogen-bond donors (Lipinski definition) is 0. The highest BCUT2D eigenvalue weighted by molar-refractivity contribution is 5.76. The van der Waals surface area contributed by atoms with E-state index < -0.39 is 0 Å². The monoisotopic (exact) mass is 319 g/mol. The van der Waals surface area contributed by atoms with Gasteiger partial charge in [0.2, 0.25) is 5.91 Å². The van der Waals surface area contributed by atoms with Gasteiger partial charge in [0.15, 0.2) is 0 Å². The summed E-state index contributed by atoms with van der Waals surface area (Å²) in [5.41, 5.74) is 1.40. The number of likely N-dealkylation sites (tertiary alicyclic amines) is 1. The fourth-order valence-corrected chi connectivity index (χ4v) is 4.01. The van der Waals surface area contributed by atoms with Gasteiger partial charge in [0.25, 0.3) is 0 Å². The summed E-state index contributed by atoms with van der Waals surface area (Å²) in [6.45, 7) is 5.22. The van der Waals surface area contributed by atoms with Crippen LogP contribution in [-0.4, -0.2) is 46.7 Å². The predicted octanol–water partition coefficient (Wildman–Crippen LogP) is 1.28. The average Bonchev–Trinajstić information content (AvgIpc) is 2.50. The normalized spacial score (nSPS) is 22.9. The van der Waals surface area contributed by atoms with Gasteiger partial charge in [-0.2, -0.15) is 4.98 Å². The van der Waals surface area contributed by atoms with Crippen LogP contribution in [0.25, 0.3) is 0 Å². The number of methoxy groups -OCH3 is 1. The molecule has 6 heteroatoms. The van der Waals surface area contributed by atoms with Gasteiger partial charge in [-0.1, -0.05) is 0 Å². The predicted molar refractivity (Wildman–Crippen MR) is 86.2 cm³/mol. The van der Waals surface area contributed by atoms with Crippen LogP contribution < -0.4 is 5.69 Å². The van der Waals surface area contributed by atoms with Crippen LogP contribution in [0.3, 0.4) is 0 Å². The molecule has 0 bridgehead atoms. The van der Waals surface area contributed by atoms with E-state index >= 15 is 0 Å². The summed E-state index contributed by atoms with van der Waals surface area (Å²) in [4.78, 5) is 30.3. The fraction of sp³-hybridized carbons (Fsp3) is 0.706. The van der Waals surface area contributed by atoms with Gasteiger partial charge in [0.1, 0.15) is 6.54 Å². The minimum atomic E-state index is -0.345. The number of carbonyl (C=O) groups is 1. The van der Waals surface area contributed by atoms with Gasteiger partial charge in [0.05, 0.1) is 6.10 Å². The maximum atomic E-state index is 12.5. The summed E-state index contributed by atoms with van der Waals surface area (Å²) in [7, 11) is 1.78. The summed E-state index contributed by atoms with van der Waals surface area (Å²) < 4.78 is 7.02.